The van der Waals surface area contributed by atoms with Gasteiger partial charge in [0.05, 0.1) is 19.4 Å². The molecule has 0 radical (unpaired) electrons. The van der Waals surface area contributed by atoms with Crippen LogP contribution in [0.2, 0.25) is 0 Å². The summed E-state index contributed by atoms with van der Waals surface area (Å²) in [5.41, 5.74) is 6.52. The van der Waals surface area contributed by atoms with Crippen LogP contribution in [0.1, 0.15) is 24.3 Å². The number of aliphatic hydroxyl groups excluding tert-OH is 1. The predicted molar refractivity (Wildman–Crippen MR) is 69.6 cm³/mol. The van der Waals surface area contributed by atoms with Gasteiger partial charge in [-0.1, -0.05) is 0 Å². The Balaban J connectivity index is 3.16. The molecule has 1 rings (SSSR count). The Morgan fingerprint density at radius 3 is 2.72 bits per heavy atom. The molecule has 0 aromatic carbocycles. The number of aromatic nitrogens is 1. The van der Waals surface area contributed by atoms with Gasteiger partial charge in [-0.25, -0.2) is 9.78 Å². The van der Waals surface area contributed by atoms with Crippen LogP contribution in [0.25, 0.3) is 0 Å². The number of hydrogen-bond acceptors (Lipinski definition) is 6. The van der Waals surface area contributed by atoms with Crippen molar-refractivity contribution in [2.45, 2.75) is 19.9 Å². The molecule has 0 spiro atoms. The van der Waals surface area contributed by atoms with Crippen molar-refractivity contribution < 1.29 is 14.6 Å². The maximum Gasteiger partial charge on any atom is 0.356 e. The first-order valence-electron chi connectivity index (χ1n) is 5.73. The molecule has 1 aromatic heterocycles. The minimum absolute atomic E-state index is 0.0122. The maximum absolute atomic E-state index is 11.4. The van der Waals surface area contributed by atoms with Gasteiger partial charge in [0, 0.05) is 12.6 Å². The summed E-state index contributed by atoms with van der Waals surface area (Å²) in [6.45, 7) is 4.31. The highest BCUT2D eigenvalue weighted by molar-refractivity contribution is 5.88. The molecule has 1 heterocycles. The monoisotopic (exact) mass is 253 g/mol. The Hall–Kier alpha value is -1.82. The van der Waals surface area contributed by atoms with Crippen LogP contribution in [0, 0.1) is 0 Å². The van der Waals surface area contributed by atoms with Crippen LogP contribution in [-0.4, -0.2) is 42.4 Å². The summed E-state index contributed by atoms with van der Waals surface area (Å²) in [7, 11) is 1.30. The first kappa shape index (κ1) is 14.2. The van der Waals surface area contributed by atoms with E-state index in [2.05, 4.69) is 9.72 Å². The lowest BCUT2D eigenvalue weighted by atomic mass is 10.2. The third-order valence-corrected chi connectivity index (χ3v) is 2.54. The van der Waals surface area contributed by atoms with Gasteiger partial charge in [-0.15, -0.1) is 0 Å². The number of esters is 1. The van der Waals surface area contributed by atoms with E-state index >= 15 is 0 Å². The second-order valence-electron chi connectivity index (χ2n) is 4.11. The topological polar surface area (TPSA) is 88.7 Å². The molecule has 0 saturated carbocycles. The zero-order chi connectivity index (χ0) is 13.7. The Morgan fingerprint density at radius 2 is 2.22 bits per heavy atom. The van der Waals surface area contributed by atoms with Gasteiger partial charge in [-0.05, 0) is 26.0 Å². The molecule has 0 aliphatic carbocycles. The number of methoxy groups -OCH3 is 1. The quantitative estimate of drug-likeness (QED) is 0.749. The summed E-state index contributed by atoms with van der Waals surface area (Å²) in [5.74, 6) is -0.0223. The number of hydrogen-bond donors (Lipinski definition) is 2. The van der Waals surface area contributed by atoms with Crippen molar-refractivity contribution in [2.75, 3.05) is 30.9 Å². The second-order valence-corrected chi connectivity index (χ2v) is 4.11. The van der Waals surface area contributed by atoms with Crippen molar-refractivity contribution in [1.82, 2.24) is 4.98 Å². The largest absolute Gasteiger partial charge is 0.464 e. The number of ether oxygens (including phenoxy) is 1. The van der Waals surface area contributed by atoms with Gasteiger partial charge in [0.15, 0.2) is 11.5 Å². The zero-order valence-corrected chi connectivity index (χ0v) is 10.9. The Bertz CT molecular complexity index is 421. The molecule has 18 heavy (non-hydrogen) atoms. The van der Waals surface area contributed by atoms with Crippen LogP contribution in [0.3, 0.4) is 0 Å². The highest BCUT2D eigenvalue weighted by atomic mass is 16.5. The molecular formula is C12H19N3O3. The SMILES string of the molecule is COC(=O)c1ccc(N)c(N(CCO)C(C)C)n1. The van der Waals surface area contributed by atoms with Crippen LogP contribution < -0.4 is 10.6 Å². The molecular weight excluding hydrogens is 234 g/mol. The van der Waals surface area contributed by atoms with E-state index in [1.807, 2.05) is 18.7 Å². The molecule has 0 aliphatic heterocycles. The van der Waals surface area contributed by atoms with E-state index in [4.69, 9.17) is 10.8 Å². The number of aliphatic hydroxyl groups is 1. The second kappa shape index (κ2) is 6.20. The van der Waals surface area contributed by atoms with E-state index in [0.717, 1.165) is 0 Å². The van der Waals surface area contributed by atoms with Crippen molar-refractivity contribution >= 4 is 17.5 Å². The Morgan fingerprint density at radius 1 is 1.56 bits per heavy atom. The molecule has 0 fully saturated rings. The van der Waals surface area contributed by atoms with E-state index in [1.54, 1.807) is 6.07 Å². The number of rotatable bonds is 5. The van der Waals surface area contributed by atoms with Gasteiger partial charge in [0.2, 0.25) is 0 Å². The van der Waals surface area contributed by atoms with E-state index in [-0.39, 0.29) is 18.3 Å². The highest BCUT2D eigenvalue weighted by Crippen LogP contribution is 2.22. The fourth-order valence-electron chi connectivity index (χ4n) is 1.62. The van der Waals surface area contributed by atoms with E-state index in [1.165, 1.54) is 13.2 Å². The van der Waals surface area contributed by atoms with Gasteiger partial charge in [0.1, 0.15) is 0 Å². The maximum atomic E-state index is 11.4. The predicted octanol–water partition coefficient (Wildman–Crippen LogP) is 0.657. The normalized spacial score (nSPS) is 10.5. The van der Waals surface area contributed by atoms with E-state index in [0.29, 0.717) is 18.1 Å². The standard InChI is InChI=1S/C12H19N3O3/c1-8(2)15(6-7-16)11-9(13)4-5-10(14-11)12(17)18-3/h4-5,8,16H,6-7,13H2,1-3H3. The van der Waals surface area contributed by atoms with Crippen molar-refractivity contribution in [1.29, 1.82) is 0 Å². The van der Waals surface area contributed by atoms with Crippen LogP contribution >= 0.6 is 0 Å². The van der Waals surface area contributed by atoms with Crippen molar-refractivity contribution in [3.63, 3.8) is 0 Å². The lowest BCUT2D eigenvalue weighted by Crippen LogP contribution is -2.35. The number of nitrogens with two attached hydrogens (primary N) is 1. The minimum atomic E-state index is -0.510. The lowest BCUT2D eigenvalue weighted by Gasteiger charge is -2.28. The fraction of sp³-hybridized carbons (Fsp3) is 0.500. The minimum Gasteiger partial charge on any atom is -0.464 e. The van der Waals surface area contributed by atoms with Crippen molar-refractivity contribution in [3.8, 4) is 0 Å². The number of carbonyl (C=O) groups is 1. The first-order chi connectivity index (χ1) is 8.51. The zero-order valence-electron chi connectivity index (χ0n) is 10.9. The van der Waals surface area contributed by atoms with Gasteiger partial charge in [-0.2, -0.15) is 0 Å². The number of carbonyl (C=O) groups excluding carboxylic acids is 1. The number of pyridine rings is 1. The molecule has 0 amide bonds. The van der Waals surface area contributed by atoms with Gasteiger partial charge in [0.25, 0.3) is 0 Å². The van der Waals surface area contributed by atoms with Gasteiger partial charge >= 0.3 is 5.97 Å². The van der Waals surface area contributed by atoms with Crippen molar-refractivity contribution in [2.24, 2.45) is 0 Å². The average Bonchev–Trinajstić information content (AvgIpc) is 2.35. The molecule has 6 nitrogen and oxygen atoms in total. The van der Waals surface area contributed by atoms with E-state index < -0.39 is 5.97 Å². The Kier molecular flexibility index (Phi) is 4.91. The summed E-state index contributed by atoms with van der Waals surface area (Å²) in [6.07, 6.45) is 0. The Labute approximate surface area is 106 Å². The molecule has 1 aromatic rings. The summed E-state index contributed by atoms with van der Waals surface area (Å²) in [5, 5.41) is 9.06. The average molecular weight is 253 g/mol. The van der Waals surface area contributed by atoms with Crippen LogP contribution in [0.4, 0.5) is 11.5 Å². The molecule has 0 aliphatic rings. The summed E-state index contributed by atoms with van der Waals surface area (Å²) >= 11 is 0. The smallest absolute Gasteiger partial charge is 0.356 e. The number of nitrogen functional groups attached to an aromatic ring is 1. The molecule has 0 unspecified atom stereocenters. The summed E-state index contributed by atoms with van der Waals surface area (Å²) < 4.78 is 4.62. The van der Waals surface area contributed by atoms with Gasteiger partial charge in [-0.3, -0.25) is 0 Å². The first-order valence-corrected chi connectivity index (χ1v) is 5.73. The molecule has 0 atom stereocenters. The summed E-state index contributed by atoms with van der Waals surface area (Å²) in [6, 6.07) is 3.24. The molecule has 3 N–H and O–H groups in total. The van der Waals surface area contributed by atoms with Gasteiger partial charge < -0.3 is 20.5 Å². The number of nitrogens with zero attached hydrogens (tertiary/aromatic N) is 2. The number of anilines is 2. The third kappa shape index (κ3) is 3.10. The summed E-state index contributed by atoms with van der Waals surface area (Å²) in [4.78, 5) is 17.5. The van der Waals surface area contributed by atoms with Crippen LogP contribution in [0.5, 0.6) is 0 Å². The van der Waals surface area contributed by atoms with Crippen LogP contribution in [-0.2, 0) is 4.74 Å². The van der Waals surface area contributed by atoms with Crippen molar-refractivity contribution in [3.05, 3.63) is 17.8 Å². The third-order valence-electron chi connectivity index (χ3n) is 2.54. The fourth-order valence-corrected chi connectivity index (χ4v) is 1.62. The van der Waals surface area contributed by atoms with E-state index in [9.17, 15) is 4.79 Å². The molecule has 6 heteroatoms. The molecule has 0 saturated heterocycles. The molecule has 100 valence electrons. The lowest BCUT2D eigenvalue weighted by molar-refractivity contribution is 0.0594. The van der Waals surface area contributed by atoms with Crippen LogP contribution in [0.15, 0.2) is 12.1 Å². The molecule has 0 bridgehead atoms. The highest BCUT2D eigenvalue weighted by Gasteiger charge is 2.17.